The highest BCUT2D eigenvalue weighted by molar-refractivity contribution is 9.10. The topological polar surface area (TPSA) is 72.0 Å². The molecule has 3 rings (SSSR count). The van der Waals surface area contributed by atoms with Gasteiger partial charge < -0.3 is 9.63 Å². The van der Waals surface area contributed by atoms with Gasteiger partial charge in [-0.2, -0.15) is 4.98 Å². The van der Waals surface area contributed by atoms with E-state index in [4.69, 9.17) is 4.52 Å². The van der Waals surface area contributed by atoms with E-state index in [0.29, 0.717) is 21.4 Å². The molecule has 0 fully saturated rings. The summed E-state index contributed by atoms with van der Waals surface area (Å²) in [6.07, 6.45) is 2.80. The molecule has 1 N–H and O–H groups in total. The van der Waals surface area contributed by atoms with Crippen molar-refractivity contribution in [3.05, 3.63) is 46.9 Å². The highest BCUT2D eigenvalue weighted by Crippen LogP contribution is 2.26. The zero-order valence-electron chi connectivity index (χ0n) is 9.92. The first-order valence-corrected chi connectivity index (χ1v) is 6.36. The van der Waals surface area contributed by atoms with E-state index in [9.17, 15) is 9.50 Å². The lowest BCUT2D eigenvalue weighted by Crippen LogP contribution is -1.84. The average molecular weight is 336 g/mol. The quantitative estimate of drug-likeness (QED) is 0.776. The summed E-state index contributed by atoms with van der Waals surface area (Å²) in [6.45, 7) is 0. The molecule has 2 aromatic heterocycles. The van der Waals surface area contributed by atoms with Crippen LogP contribution in [-0.4, -0.2) is 20.2 Å². The van der Waals surface area contributed by atoms with E-state index in [1.54, 1.807) is 12.1 Å². The van der Waals surface area contributed by atoms with E-state index >= 15 is 0 Å². The van der Waals surface area contributed by atoms with Crippen LogP contribution in [0, 0.1) is 5.82 Å². The summed E-state index contributed by atoms with van der Waals surface area (Å²) >= 11 is 3.10. The molecule has 0 atom stereocenters. The molecular weight excluding hydrogens is 329 g/mol. The zero-order chi connectivity index (χ0) is 14.1. The first-order valence-electron chi connectivity index (χ1n) is 5.57. The molecule has 0 amide bonds. The maximum atomic E-state index is 13.2. The van der Waals surface area contributed by atoms with Crippen LogP contribution in [0.5, 0.6) is 5.75 Å². The molecule has 2 heterocycles. The van der Waals surface area contributed by atoms with Gasteiger partial charge in [-0.1, -0.05) is 5.16 Å². The van der Waals surface area contributed by atoms with Crippen molar-refractivity contribution < 1.29 is 14.0 Å². The Kier molecular flexibility index (Phi) is 3.19. The first kappa shape index (κ1) is 12.7. The number of benzene rings is 1. The minimum absolute atomic E-state index is 0.00627. The maximum absolute atomic E-state index is 13.2. The van der Waals surface area contributed by atoms with E-state index in [0.717, 1.165) is 0 Å². The van der Waals surface area contributed by atoms with Gasteiger partial charge in [0.15, 0.2) is 0 Å². The van der Waals surface area contributed by atoms with Gasteiger partial charge in [0, 0.05) is 11.8 Å². The van der Waals surface area contributed by atoms with Crippen molar-refractivity contribution in [2.24, 2.45) is 0 Å². The van der Waals surface area contributed by atoms with Gasteiger partial charge in [-0.15, -0.1) is 0 Å². The van der Waals surface area contributed by atoms with Gasteiger partial charge in [0.25, 0.3) is 5.89 Å². The molecule has 100 valence electrons. The summed E-state index contributed by atoms with van der Waals surface area (Å²) in [5.74, 6) is 0.189. The molecule has 5 nitrogen and oxygen atoms in total. The van der Waals surface area contributed by atoms with E-state index in [2.05, 4.69) is 31.1 Å². The third kappa shape index (κ3) is 2.39. The van der Waals surface area contributed by atoms with Crippen molar-refractivity contribution in [2.45, 2.75) is 0 Å². The molecule has 20 heavy (non-hydrogen) atoms. The fourth-order valence-electron chi connectivity index (χ4n) is 1.64. The monoisotopic (exact) mass is 335 g/mol. The predicted octanol–water partition coefficient (Wildman–Crippen LogP) is 3.41. The molecule has 0 spiro atoms. The normalized spacial score (nSPS) is 10.7. The summed E-state index contributed by atoms with van der Waals surface area (Å²) in [4.78, 5) is 8.02. The Labute approximate surface area is 121 Å². The first-order chi connectivity index (χ1) is 9.63. The second-order valence-corrected chi connectivity index (χ2v) is 4.84. The van der Waals surface area contributed by atoms with E-state index < -0.39 is 0 Å². The van der Waals surface area contributed by atoms with Gasteiger partial charge in [0.2, 0.25) is 5.82 Å². The number of halogens is 2. The molecule has 0 bridgehead atoms. The molecule has 0 saturated carbocycles. The van der Waals surface area contributed by atoms with Crippen LogP contribution in [0.2, 0.25) is 0 Å². The number of aromatic hydroxyl groups is 1. The number of hydrogen-bond acceptors (Lipinski definition) is 5. The smallest absolute Gasteiger partial charge is 0.259 e. The Morgan fingerprint density at radius 3 is 2.75 bits per heavy atom. The Hall–Kier alpha value is -2.28. The Bertz CT molecular complexity index is 776. The number of rotatable bonds is 2. The fraction of sp³-hybridized carbons (Fsp3) is 0. The number of hydrogen-bond donors (Lipinski definition) is 1. The van der Waals surface area contributed by atoms with E-state index in [-0.39, 0.29) is 17.5 Å². The predicted molar refractivity (Wildman–Crippen MR) is 72.3 cm³/mol. The van der Waals surface area contributed by atoms with Crippen molar-refractivity contribution >= 4 is 15.9 Å². The number of pyridine rings is 1. The lowest BCUT2D eigenvalue weighted by Gasteiger charge is -1.97. The van der Waals surface area contributed by atoms with Crippen molar-refractivity contribution in [3.63, 3.8) is 0 Å². The Morgan fingerprint density at radius 1 is 1.15 bits per heavy atom. The van der Waals surface area contributed by atoms with Crippen molar-refractivity contribution in [3.8, 4) is 28.6 Å². The van der Waals surface area contributed by atoms with Crippen LogP contribution in [0.4, 0.5) is 4.39 Å². The van der Waals surface area contributed by atoms with Crippen LogP contribution >= 0.6 is 15.9 Å². The molecule has 0 saturated heterocycles. The molecule has 0 aliphatic rings. The fourth-order valence-corrected chi connectivity index (χ4v) is 2.02. The largest absolute Gasteiger partial charge is 0.506 e. The number of aromatic nitrogens is 3. The molecule has 0 aliphatic heterocycles. The van der Waals surface area contributed by atoms with Crippen molar-refractivity contribution in [1.29, 1.82) is 0 Å². The van der Waals surface area contributed by atoms with Crippen molar-refractivity contribution in [1.82, 2.24) is 15.1 Å². The third-order valence-corrected chi connectivity index (χ3v) is 3.18. The van der Waals surface area contributed by atoms with Gasteiger partial charge >= 0.3 is 0 Å². The average Bonchev–Trinajstić information content (AvgIpc) is 2.92. The Morgan fingerprint density at radius 2 is 2.00 bits per heavy atom. The van der Waals surface area contributed by atoms with Crippen LogP contribution < -0.4 is 0 Å². The molecule has 0 aliphatic carbocycles. The lowest BCUT2D eigenvalue weighted by atomic mass is 10.2. The maximum Gasteiger partial charge on any atom is 0.259 e. The Balaban J connectivity index is 1.99. The highest BCUT2D eigenvalue weighted by Gasteiger charge is 2.12. The minimum Gasteiger partial charge on any atom is -0.506 e. The summed E-state index contributed by atoms with van der Waals surface area (Å²) in [7, 11) is 0. The van der Waals surface area contributed by atoms with Crippen LogP contribution in [0.25, 0.3) is 22.8 Å². The number of nitrogens with zero attached hydrogens (tertiary/aromatic N) is 3. The molecule has 0 unspecified atom stereocenters. The van der Waals surface area contributed by atoms with E-state index in [1.807, 2.05) is 0 Å². The van der Waals surface area contributed by atoms with Crippen LogP contribution in [0.3, 0.4) is 0 Å². The van der Waals surface area contributed by atoms with Gasteiger partial charge in [0.1, 0.15) is 11.6 Å². The summed E-state index contributed by atoms with van der Waals surface area (Å²) in [5.41, 5.74) is 1.12. The zero-order valence-corrected chi connectivity index (χ0v) is 11.5. The van der Waals surface area contributed by atoms with Gasteiger partial charge in [-0.25, -0.2) is 4.39 Å². The van der Waals surface area contributed by atoms with Crippen molar-refractivity contribution in [2.75, 3.05) is 0 Å². The minimum atomic E-state index is -0.366. The summed E-state index contributed by atoms with van der Waals surface area (Å²) < 4.78 is 18.6. The van der Waals surface area contributed by atoms with Gasteiger partial charge in [0.05, 0.1) is 16.2 Å². The SMILES string of the molecule is Oc1cncc(-c2nc(-c3ccc(F)c(Br)c3)no2)c1. The van der Waals surface area contributed by atoms with Crippen LogP contribution in [-0.2, 0) is 0 Å². The second-order valence-electron chi connectivity index (χ2n) is 3.98. The second kappa shape index (κ2) is 5.01. The third-order valence-electron chi connectivity index (χ3n) is 2.57. The molecule has 1 aromatic carbocycles. The standard InChI is InChI=1S/C13H7BrFN3O2/c14-10-4-7(1-2-11(10)15)12-17-13(20-18-12)8-3-9(19)6-16-5-8/h1-6,19H. The molecule has 0 radical (unpaired) electrons. The van der Waals surface area contributed by atoms with Gasteiger partial charge in [-0.05, 0) is 40.2 Å². The summed E-state index contributed by atoms with van der Waals surface area (Å²) in [6, 6.07) is 5.89. The van der Waals surface area contributed by atoms with E-state index in [1.165, 1.54) is 24.5 Å². The highest BCUT2D eigenvalue weighted by atomic mass is 79.9. The summed E-state index contributed by atoms with van der Waals surface area (Å²) in [5, 5.41) is 13.2. The lowest BCUT2D eigenvalue weighted by molar-refractivity contribution is 0.431. The van der Waals surface area contributed by atoms with Gasteiger partial charge in [-0.3, -0.25) is 4.98 Å². The van der Waals surface area contributed by atoms with Crippen LogP contribution in [0.1, 0.15) is 0 Å². The molecular formula is C13H7BrFN3O2. The van der Waals surface area contributed by atoms with Crippen LogP contribution in [0.15, 0.2) is 45.7 Å². The molecule has 3 aromatic rings. The molecule has 7 heteroatoms.